The molecule has 0 fully saturated rings. The summed E-state index contributed by atoms with van der Waals surface area (Å²) in [6.45, 7) is 1.53. The predicted molar refractivity (Wildman–Crippen MR) is 85.0 cm³/mol. The average Bonchev–Trinajstić information content (AvgIpc) is 2.60. The minimum Gasteiger partial charge on any atom is -0.508 e. The van der Waals surface area contributed by atoms with Gasteiger partial charge in [0.05, 0.1) is 11.6 Å². The average molecular weight is 325 g/mol. The van der Waals surface area contributed by atoms with Crippen molar-refractivity contribution in [2.24, 2.45) is 0 Å². The van der Waals surface area contributed by atoms with Gasteiger partial charge in [0.1, 0.15) is 11.5 Å². The van der Waals surface area contributed by atoms with E-state index in [2.05, 4.69) is 10.9 Å². The molecule has 2 amide bonds. The third-order valence-electron chi connectivity index (χ3n) is 3.09. The molecule has 7 heteroatoms. The summed E-state index contributed by atoms with van der Waals surface area (Å²) in [5.74, 6) is -0.582. The van der Waals surface area contributed by atoms with Crippen molar-refractivity contribution in [1.29, 1.82) is 5.26 Å². The molecule has 2 rings (SSSR count). The van der Waals surface area contributed by atoms with Gasteiger partial charge in [-0.3, -0.25) is 20.4 Å². The second kappa shape index (κ2) is 7.65. The van der Waals surface area contributed by atoms with Crippen molar-refractivity contribution < 1.29 is 19.4 Å². The lowest BCUT2D eigenvalue weighted by molar-refractivity contribution is -0.128. The first kappa shape index (κ1) is 16.8. The van der Waals surface area contributed by atoms with E-state index < -0.39 is 17.9 Å². The summed E-state index contributed by atoms with van der Waals surface area (Å²) >= 11 is 0. The van der Waals surface area contributed by atoms with Crippen molar-refractivity contribution >= 4 is 11.8 Å². The minimum absolute atomic E-state index is 0.0417. The van der Waals surface area contributed by atoms with Crippen LogP contribution < -0.4 is 15.6 Å². The Morgan fingerprint density at radius 3 is 2.29 bits per heavy atom. The van der Waals surface area contributed by atoms with Crippen LogP contribution in [0.4, 0.5) is 0 Å². The van der Waals surface area contributed by atoms with Crippen LogP contribution in [0.3, 0.4) is 0 Å². The third kappa shape index (κ3) is 4.48. The molecule has 2 aromatic rings. The van der Waals surface area contributed by atoms with Gasteiger partial charge >= 0.3 is 0 Å². The zero-order chi connectivity index (χ0) is 17.5. The molecular weight excluding hydrogens is 310 g/mol. The number of ether oxygens (including phenoxy) is 1. The number of nitrogens with zero attached hydrogens (tertiary/aromatic N) is 1. The van der Waals surface area contributed by atoms with Crippen LogP contribution in [0.2, 0.25) is 0 Å². The predicted octanol–water partition coefficient (Wildman–Crippen LogP) is 1.49. The van der Waals surface area contributed by atoms with Gasteiger partial charge in [0.15, 0.2) is 6.10 Å². The largest absolute Gasteiger partial charge is 0.508 e. The van der Waals surface area contributed by atoms with Crippen LogP contribution in [0.15, 0.2) is 48.5 Å². The van der Waals surface area contributed by atoms with Gasteiger partial charge in [-0.15, -0.1) is 0 Å². The van der Waals surface area contributed by atoms with Crippen LogP contribution in [0.5, 0.6) is 11.5 Å². The molecule has 0 heterocycles. The molecule has 0 spiro atoms. The van der Waals surface area contributed by atoms with Crippen molar-refractivity contribution in [1.82, 2.24) is 10.9 Å². The highest BCUT2D eigenvalue weighted by Crippen LogP contribution is 2.13. The molecule has 0 saturated heterocycles. The van der Waals surface area contributed by atoms with Crippen molar-refractivity contribution in [2.45, 2.75) is 13.0 Å². The van der Waals surface area contributed by atoms with Gasteiger partial charge in [-0.05, 0) is 55.5 Å². The number of hydrogen-bond donors (Lipinski definition) is 3. The second-order valence-corrected chi connectivity index (χ2v) is 4.89. The molecule has 0 bridgehead atoms. The van der Waals surface area contributed by atoms with Crippen LogP contribution in [-0.2, 0) is 4.79 Å². The van der Waals surface area contributed by atoms with Gasteiger partial charge in [-0.1, -0.05) is 0 Å². The third-order valence-corrected chi connectivity index (χ3v) is 3.09. The monoisotopic (exact) mass is 325 g/mol. The standard InChI is InChI=1S/C17H15N3O4/c1-11(24-15-8-2-12(10-18)3-9-15)16(22)19-20-17(23)13-4-6-14(21)7-5-13/h2-9,11,21H,1H3,(H,19,22)(H,20,23)/t11-/m1/s1. The number of benzene rings is 2. The quantitative estimate of drug-likeness (QED) is 0.738. The van der Waals surface area contributed by atoms with Crippen molar-refractivity contribution in [3.8, 4) is 17.6 Å². The fourth-order valence-corrected chi connectivity index (χ4v) is 1.77. The number of carbonyl (C=O) groups excluding carboxylic acids is 2. The number of hydrogen-bond acceptors (Lipinski definition) is 5. The maximum Gasteiger partial charge on any atom is 0.279 e. The molecular formula is C17H15N3O4. The molecule has 0 unspecified atom stereocenters. The van der Waals surface area contributed by atoms with Gasteiger partial charge in [0.25, 0.3) is 11.8 Å². The maximum absolute atomic E-state index is 11.9. The number of rotatable bonds is 4. The molecule has 7 nitrogen and oxygen atoms in total. The van der Waals surface area contributed by atoms with E-state index in [4.69, 9.17) is 15.1 Å². The topological polar surface area (TPSA) is 111 Å². The lowest BCUT2D eigenvalue weighted by Gasteiger charge is -2.15. The highest BCUT2D eigenvalue weighted by molar-refractivity contribution is 5.95. The number of aromatic hydroxyl groups is 1. The summed E-state index contributed by atoms with van der Waals surface area (Å²) in [6, 6.07) is 13.9. The molecule has 0 aliphatic heterocycles. The van der Waals surface area contributed by atoms with Gasteiger partial charge in [0, 0.05) is 5.56 Å². The number of nitrogens with one attached hydrogen (secondary N) is 2. The Balaban J connectivity index is 1.85. The smallest absolute Gasteiger partial charge is 0.279 e. The molecule has 0 radical (unpaired) electrons. The second-order valence-electron chi connectivity index (χ2n) is 4.89. The van der Waals surface area contributed by atoms with Crippen LogP contribution in [0.1, 0.15) is 22.8 Å². The molecule has 24 heavy (non-hydrogen) atoms. The van der Waals surface area contributed by atoms with E-state index in [1.165, 1.54) is 31.2 Å². The summed E-state index contributed by atoms with van der Waals surface area (Å²) in [5, 5.41) is 17.9. The number of phenolic OH excluding ortho intramolecular Hbond substituents is 1. The fraction of sp³-hybridized carbons (Fsp3) is 0.118. The first-order chi connectivity index (χ1) is 11.5. The first-order valence-corrected chi connectivity index (χ1v) is 7.05. The van der Waals surface area contributed by atoms with Crippen molar-refractivity contribution in [2.75, 3.05) is 0 Å². The fourth-order valence-electron chi connectivity index (χ4n) is 1.77. The molecule has 0 saturated carbocycles. The van der Waals surface area contributed by atoms with Gasteiger partial charge in [-0.25, -0.2) is 0 Å². The van der Waals surface area contributed by atoms with Gasteiger partial charge in [0.2, 0.25) is 0 Å². The molecule has 0 aromatic heterocycles. The lowest BCUT2D eigenvalue weighted by Crippen LogP contribution is -2.47. The molecule has 0 aliphatic rings. The number of carbonyl (C=O) groups is 2. The Hall–Kier alpha value is -3.53. The summed E-state index contributed by atoms with van der Waals surface area (Å²) in [5.41, 5.74) is 5.29. The Morgan fingerprint density at radius 2 is 1.71 bits per heavy atom. The molecule has 122 valence electrons. The van der Waals surface area contributed by atoms with E-state index >= 15 is 0 Å². The van der Waals surface area contributed by atoms with E-state index in [-0.39, 0.29) is 11.3 Å². The molecule has 3 N–H and O–H groups in total. The zero-order valence-corrected chi connectivity index (χ0v) is 12.8. The van der Waals surface area contributed by atoms with Gasteiger partial charge in [-0.2, -0.15) is 5.26 Å². The highest BCUT2D eigenvalue weighted by Gasteiger charge is 2.16. The Kier molecular flexibility index (Phi) is 5.36. The summed E-state index contributed by atoms with van der Waals surface area (Å²) < 4.78 is 5.42. The molecule has 1 atom stereocenters. The number of hydrazine groups is 1. The summed E-state index contributed by atoms with van der Waals surface area (Å²) in [7, 11) is 0. The molecule has 0 aliphatic carbocycles. The number of amides is 2. The van der Waals surface area contributed by atoms with E-state index in [1.807, 2.05) is 6.07 Å². The number of phenols is 1. The number of nitriles is 1. The molecule has 2 aromatic carbocycles. The highest BCUT2D eigenvalue weighted by atomic mass is 16.5. The maximum atomic E-state index is 11.9. The Morgan fingerprint density at radius 1 is 1.08 bits per heavy atom. The van der Waals surface area contributed by atoms with Crippen molar-refractivity contribution in [3.05, 3.63) is 59.7 Å². The lowest BCUT2D eigenvalue weighted by atomic mass is 10.2. The Bertz CT molecular complexity index is 764. The first-order valence-electron chi connectivity index (χ1n) is 7.05. The summed E-state index contributed by atoms with van der Waals surface area (Å²) in [4.78, 5) is 23.8. The minimum atomic E-state index is -0.849. The van der Waals surface area contributed by atoms with E-state index in [1.54, 1.807) is 24.3 Å². The van der Waals surface area contributed by atoms with Crippen LogP contribution in [-0.4, -0.2) is 23.0 Å². The van der Waals surface area contributed by atoms with E-state index in [0.29, 0.717) is 11.3 Å². The van der Waals surface area contributed by atoms with Crippen molar-refractivity contribution in [3.63, 3.8) is 0 Å². The van der Waals surface area contributed by atoms with Crippen LogP contribution >= 0.6 is 0 Å². The summed E-state index contributed by atoms with van der Waals surface area (Å²) in [6.07, 6.45) is -0.849. The zero-order valence-electron chi connectivity index (χ0n) is 12.8. The van der Waals surface area contributed by atoms with E-state index in [0.717, 1.165) is 0 Å². The van der Waals surface area contributed by atoms with Gasteiger partial charge < -0.3 is 9.84 Å². The Labute approximate surface area is 138 Å². The van der Waals surface area contributed by atoms with Crippen LogP contribution in [0, 0.1) is 11.3 Å². The SMILES string of the molecule is C[C@@H](Oc1ccc(C#N)cc1)C(=O)NNC(=O)c1ccc(O)cc1. The normalized spacial score (nSPS) is 11.0. The van der Waals surface area contributed by atoms with Crippen LogP contribution in [0.25, 0.3) is 0 Å². The van der Waals surface area contributed by atoms with E-state index in [9.17, 15) is 9.59 Å².